The van der Waals surface area contributed by atoms with Crippen molar-refractivity contribution < 1.29 is 9.13 Å². The van der Waals surface area contributed by atoms with Gasteiger partial charge in [-0.3, -0.25) is 0 Å². The summed E-state index contributed by atoms with van der Waals surface area (Å²) in [7, 11) is 0. The number of hydrogen-bond acceptors (Lipinski definition) is 2. The quantitative estimate of drug-likeness (QED) is 0.850. The molecule has 2 nitrogen and oxygen atoms in total. The Balaban J connectivity index is 1.78. The summed E-state index contributed by atoms with van der Waals surface area (Å²) in [4.78, 5) is 0. The molecule has 0 aliphatic heterocycles. The van der Waals surface area contributed by atoms with Gasteiger partial charge in [0.1, 0.15) is 5.82 Å². The summed E-state index contributed by atoms with van der Waals surface area (Å²) in [6, 6.07) is 7.50. The summed E-state index contributed by atoms with van der Waals surface area (Å²) in [5.41, 5.74) is 1.13. The molecule has 1 aromatic carbocycles. The van der Waals surface area contributed by atoms with E-state index in [1.165, 1.54) is 12.1 Å². The lowest BCUT2D eigenvalue weighted by atomic mass is 9.88. The fourth-order valence-corrected chi connectivity index (χ4v) is 2.27. The van der Waals surface area contributed by atoms with E-state index in [4.69, 9.17) is 4.74 Å². The SMILES string of the molecule is CCOC1CC(N[C@@H](C)c2ccc(F)cc2)C1. The van der Waals surface area contributed by atoms with E-state index in [2.05, 4.69) is 12.2 Å². The molecule has 1 saturated carbocycles. The molecule has 1 aliphatic rings. The maximum absolute atomic E-state index is 12.8. The number of ether oxygens (including phenoxy) is 1. The number of benzene rings is 1. The lowest BCUT2D eigenvalue weighted by molar-refractivity contribution is -0.0120. The number of hydrogen-bond donors (Lipinski definition) is 1. The molecule has 0 bridgehead atoms. The van der Waals surface area contributed by atoms with Gasteiger partial charge in [0.2, 0.25) is 0 Å². The first-order chi connectivity index (χ1) is 8.19. The fraction of sp³-hybridized carbons (Fsp3) is 0.571. The Morgan fingerprint density at radius 3 is 2.59 bits per heavy atom. The summed E-state index contributed by atoms with van der Waals surface area (Å²) < 4.78 is 18.3. The molecule has 0 amide bonds. The van der Waals surface area contributed by atoms with Crippen molar-refractivity contribution in [2.24, 2.45) is 0 Å². The average Bonchev–Trinajstić information content (AvgIpc) is 2.27. The highest BCUT2D eigenvalue weighted by Crippen LogP contribution is 2.26. The van der Waals surface area contributed by atoms with Crippen LogP contribution >= 0.6 is 0 Å². The normalized spacial score (nSPS) is 25.4. The minimum absolute atomic E-state index is 0.180. The molecule has 1 N–H and O–H groups in total. The summed E-state index contributed by atoms with van der Waals surface area (Å²) in [5, 5.41) is 3.54. The third-order valence-electron chi connectivity index (χ3n) is 3.35. The van der Waals surface area contributed by atoms with E-state index >= 15 is 0 Å². The Kier molecular flexibility index (Phi) is 4.13. The number of halogens is 1. The molecule has 0 heterocycles. The molecule has 0 radical (unpaired) electrons. The van der Waals surface area contributed by atoms with Crippen LogP contribution in [0.4, 0.5) is 4.39 Å². The van der Waals surface area contributed by atoms with Crippen molar-refractivity contribution in [1.29, 1.82) is 0 Å². The number of rotatable bonds is 5. The van der Waals surface area contributed by atoms with Gasteiger partial charge in [-0.15, -0.1) is 0 Å². The van der Waals surface area contributed by atoms with Crippen LogP contribution in [0.5, 0.6) is 0 Å². The Hall–Kier alpha value is -0.930. The van der Waals surface area contributed by atoms with Crippen molar-refractivity contribution in [1.82, 2.24) is 5.32 Å². The van der Waals surface area contributed by atoms with Gasteiger partial charge in [0, 0.05) is 18.7 Å². The van der Waals surface area contributed by atoms with Crippen molar-refractivity contribution in [3.63, 3.8) is 0 Å². The Morgan fingerprint density at radius 2 is 2.00 bits per heavy atom. The van der Waals surface area contributed by atoms with E-state index in [1.54, 1.807) is 0 Å². The second-order valence-electron chi connectivity index (χ2n) is 4.69. The molecule has 3 heteroatoms. The average molecular weight is 237 g/mol. The summed E-state index contributed by atoms with van der Waals surface area (Å²) in [6.45, 7) is 4.94. The van der Waals surface area contributed by atoms with Crippen molar-refractivity contribution in [3.05, 3.63) is 35.6 Å². The second-order valence-corrected chi connectivity index (χ2v) is 4.69. The fourth-order valence-electron chi connectivity index (χ4n) is 2.27. The van der Waals surface area contributed by atoms with E-state index in [0.717, 1.165) is 25.0 Å². The van der Waals surface area contributed by atoms with Crippen LogP contribution in [-0.4, -0.2) is 18.8 Å². The Morgan fingerprint density at radius 1 is 1.35 bits per heavy atom. The molecule has 1 fully saturated rings. The van der Waals surface area contributed by atoms with E-state index in [1.807, 2.05) is 19.1 Å². The highest BCUT2D eigenvalue weighted by Gasteiger charge is 2.30. The minimum Gasteiger partial charge on any atom is -0.378 e. The van der Waals surface area contributed by atoms with Gasteiger partial charge in [-0.05, 0) is 44.4 Å². The molecule has 1 atom stereocenters. The molecule has 0 unspecified atom stereocenters. The molecule has 1 aliphatic carbocycles. The Bertz CT molecular complexity index is 346. The highest BCUT2D eigenvalue weighted by molar-refractivity contribution is 5.19. The minimum atomic E-state index is -0.180. The zero-order valence-electron chi connectivity index (χ0n) is 10.4. The topological polar surface area (TPSA) is 21.3 Å². The van der Waals surface area contributed by atoms with Gasteiger partial charge in [0.15, 0.2) is 0 Å². The molecular formula is C14H20FNO. The van der Waals surface area contributed by atoms with Crippen LogP contribution in [0.3, 0.4) is 0 Å². The van der Waals surface area contributed by atoms with Crippen LogP contribution in [0.2, 0.25) is 0 Å². The van der Waals surface area contributed by atoms with Gasteiger partial charge < -0.3 is 10.1 Å². The van der Waals surface area contributed by atoms with Gasteiger partial charge in [0.05, 0.1) is 6.10 Å². The van der Waals surface area contributed by atoms with Gasteiger partial charge in [-0.1, -0.05) is 12.1 Å². The monoisotopic (exact) mass is 237 g/mol. The predicted molar refractivity (Wildman–Crippen MR) is 66.4 cm³/mol. The van der Waals surface area contributed by atoms with Crippen LogP contribution in [-0.2, 0) is 4.74 Å². The van der Waals surface area contributed by atoms with Crippen molar-refractivity contribution in [2.45, 2.75) is 44.9 Å². The predicted octanol–water partition coefficient (Wildman–Crippen LogP) is 3.04. The van der Waals surface area contributed by atoms with Crippen LogP contribution < -0.4 is 5.32 Å². The zero-order valence-corrected chi connectivity index (χ0v) is 10.4. The first-order valence-electron chi connectivity index (χ1n) is 6.32. The van der Waals surface area contributed by atoms with Gasteiger partial charge in [0.25, 0.3) is 0 Å². The molecule has 94 valence electrons. The summed E-state index contributed by atoms with van der Waals surface area (Å²) >= 11 is 0. The first kappa shape index (κ1) is 12.5. The van der Waals surface area contributed by atoms with Crippen LogP contribution in [0.25, 0.3) is 0 Å². The molecule has 2 rings (SSSR count). The van der Waals surface area contributed by atoms with Crippen molar-refractivity contribution in [3.8, 4) is 0 Å². The Labute approximate surface area is 102 Å². The van der Waals surface area contributed by atoms with E-state index in [-0.39, 0.29) is 11.9 Å². The molecule has 1 aromatic rings. The summed E-state index contributed by atoms with van der Waals surface area (Å²) in [5.74, 6) is -0.180. The zero-order chi connectivity index (χ0) is 12.3. The van der Waals surface area contributed by atoms with Crippen LogP contribution in [0, 0.1) is 5.82 Å². The molecule has 0 spiro atoms. The maximum atomic E-state index is 12.8. The van der Waals surface area contributed by atoms with Crippen LogP contribution in [0.1, 0.15) is 38.3 Å². The first-order valence-corrected chi connectivity index (χ1v) is 6.32. The van der Waals surface area contributed by atoms with E-state index in [9.17, 15) is 4.39 Å². The maximum Gasteiger partial charge on any atom is 0.123 e. The van der Waals surface area contributed by atoms with E-state index < -0.39 is 0 Å². The van der Waals surface area contributed by atoms with Gasteiger partial charge in [-0.25, -0.2) is 4.39 Å². The van der Waals surface area contributed by atoms with Crippen LogP contribution in [0.15, 0.2) is 24.3 Å². The second kappa shape index (κ2) is 5.61. The molecule has 17 heavy (non-hydrogen) atoms. The largest absolute Gasteiger partial charge is 0.378 e. The summed E-state index contributed by atoms with van der Waals surface area (Å²) in [6.07, 6.45) is 2.59. The lowest BCUT2D eigenvalue weighted by Gasteiger charge is -2.37. The lowest BCUT2D eigenvalue weighted by Crippen LogP contribution is -2.46. The van der Waals surface area contributed by atoms with Gasteiger partial charge >= 0.3 is 0 Å². The van der Waals surface area contributed by atoms with Gasteiger partial charge in [-0.2, -0.15) is 0 Å². The third kappa shape index (κ3) is 3.27. The standard InChI is InChI=1S/C14H20FNO/c1-3-17-14-8-13(9-14)16-10(2)11-4-6-12(15)7-5-11/h4-7,10,13-14,16H,3,8-9H2,1-2H3/t10-,13?,14?/m0/s1. The smallest absolute Gasteiger partial charge is 0.123 e. The third-order valence-corrected chi connectivity index (χ3v) is 3.35. The molecular weight excluding hydrogens is 217 g/mol. The van der Waals surface area contributed by atoms with Crippen molar-refractivity contribution in [2.75, 3.05) is 6.61 Å². The van der Waals surface area contributed by atoms with E-state index in [0.29, 0.717) is 12.1 Å². The highest BCUT2D eigenvalue weighted by atomic mass is 19.1. The number of nitrogens with one attached hydrogen (secondary N) is 1. The molecule has 0 aromatic heterocycles. The van der Waals surface area contributed by atoms with Crippen molar-refractivity contribution >= 4 is 0 Å². The molecule has 0 saturated heterocycles.